The van der Waals surface area contributed by atoms with E-state index in [1.54, 1.807) is 6.07 Å². The molecule has 0 fully saturated rings. The Kier molecular flexibility index (Phi) is 2.17. The van der Waals surface area contributed by atoms with Crippen molar-refractivity contribution >= 4 is 42.4 Å². The first-order valence-electron chi connectivity index (χ1n) is 3.48. The molecule has 0 spiro atoms. The summed E-state index contributed by atoms with van der Waals surface area (Å²) in [7, 11) is 1.37. The number of fused-ring (bicyclic) bond motifs is 1. The van der Waals surface area contributed by atoms with E-state index in [2.05, 4.69) is 4.98 Å². The Morgan fingerprint density at radius 1 is 1.36 bits per heavy atom. The first-order valence-corrected chi connectivity index (χ1v) is 6.17. The van der Waals surface area contributed by atoms with Gasteiger partial charge in [-0.05, 0) is 23.7 Å². The predicted octanol–water partition coefficient (Wildman–Crippen LogP) is 2.41. The van der Waals surface area contributed by atoms with Crippen LogP contribution in [0.25, 0.3) is 11.1 Å². The number of nitrogens with zero attached hydrogens (tertiary/aromatic N) is 1. The minimum absolute atomic E-state index is 0.104. The molecule has 2 rings (SSSR count). The number of hydrogen-bond acceptors (Lipinski definition) is 4. The van der Waals surface area contributed by atoms with E-state index in [0.717, 1.165) is 0 Å². The zero-order valence-electron chi connectivity index (χ0n) is 6.57. The van der Waals surface area contributed by atoms with Gasteiger partial charge in [0.1, 0.15) is 10.4 Å². The van der Waals surface area contributed by atoms with Crippen LogP contribution in [0, 0.1) is 0 Å². The molecule has 0 saturated carbocycles. The van der Waals surface area contributed by atoms with Crippen LogP contribution in [0.4, 0.5) is 0 Å². The van der Waals surface area contributed by atoms with Gasteiger partial charge < -0.3 is 4.42 Å². The monoisotopic (exact) mass is 251 g/mol. The third kappa shape index (κ3) is 1.58. The van der Waals surface area contributed by atoms with Gasteiger partial charge in [0.15, 0.2) is 5.58 Å². The van der Waals surface area contributed by atoms with Crippen molar-refractivity contribution < 1.29 is 12.8 Å². The molecule has 1 heterocycles. The Morgan fingerprint density at radius 3 is 2.71 bits per heavy atom. The number of rotatable bonds is 1. The van der Waals surface area contributed by atoms with Crippen LogP contribution in [0.2, 0.25) is 5.35 Å². The molecule has 0 aliphatic rings. The van der Waals surface area contributed by atoms with Crippen molar-refractivity contribution in [2.24, 2.45) is 0 Å². The van der Waals surface area contributed by atoms with Crippen molar-refractivity contribution in [2.75, 3.05) is 0 Å². The van der Waals surface area contributed by atoms with E-state index in [4.69, 9.17) is 26.7 Å². The zero-order chi connectivity index (χ0) is 10.3. The van der Waals surface area contributed by atoms with E-state index in [0.29, 0.717) is 0 Å². The van der Waals surface area contributed by atoms with Crippen LogP contribution in [0.15, 0.2) is 27.5 Å². The van der Waals surface area contributed by atoms with Gasteiger partial charge in [0, 0.05) is 10.7 Å². The lowest BCUT2D eigenvalue weighted by Crippen LogP contribution is -1.91. The summed E-state index contributed by atoms with van der Waals surface area (Å²) in [5.41, 5.74) is 0.434. The first-order chi connectivity index (χ1) is 6.48. The summed E-state index contributed by atoms with van der Waals surface area (Å²) in [6.45, 7) is 0. The van der Waals surface area contributed by atoms with Crippen LogP contribution in [-0.2, 0) is 9.05 Å². The summed E-state index contributed by atoms with van der Waals surface area (Å²) in [6.07, 6.45) is 0. The van der Waals surface area contributed by atoms with Crippen molar-refractivity contribution in [1.29, 1.82) is 0 Å². The van der Waals surface area contributed by atoms with Crippen LogP contribution in [0.5, 0.6) is 0 Å². The van der Waals surface area contributed by atoms with E-state index < -0.39 is 9.05 Å². The third-order valence-corrected chi connectivity index (χ3v) is 3.13. The lowest BCUT2D eigenvalue weighted by atomic mass is 10.3. The van der Waals surface area contributed by atoms with Gasteiger partial charge in [-0.25, -0.2) is 8.42 Å². The molecule has 74 valence electrons. The number of benzene rings is 1. The standard InChI is InChI=1S/C7H3Cl2NO3S/c8-7-10-6-4(13-7)2-1-3-5(6)14(9,11)12/h1-3H. The smallest absolute Gasteiger partial charge is 0.293 e. The van der Waals surface area contributed by atoms with Crippen molar-refractivity contribution in [3.8, 4) is 0 Å². The van der Waals surface area contributed by atoms with Crippen molar-refractivity contribution in [3.05, 3.63) is 23.5 Å². The minimum atomic E-state index is -3.83. The predicted molar refractivity (Wildman–Crippen MR) is 52.1 cm³/mol. The van der Waals surface area contributed by atoms with Crippen molar-refractivity contribution in [1.82, 2.24) is 4.98 Å². The number of oxazole rings is 1. The zero-order valence-corrected chi connectivity index (χ0v) is 8.90. The highest BCUT2D eigenvalue weighted by molar-refractivity contribution is 8.14. The first kappa shape index (κ1) is 9.76. The summed E-state index contributed by atoms with van der Waals surface area (Å²) in [5.74, 6) is 0. The van der Waals surface area contributed by atoms with Gasteiger partial charge in [-0.15, -0.1) is 0 Å². The van der Waals surface area contributed by atoms with E-state index >= 15 is 0 Å². The Morgan fingerprint density at radius 2 is 2.07 bits per heavy atom. The maximum absolute atomic E-state index is 11.1. The molecule has 2 aromatic rings. The number of para-hydroxylation sites is 1. The second kappa shape index (κ2) is 3.12. The molecule has 14 heavy (non-hydrogen) atoms. The van der Waals surface area contributed by atoms with Gasteiger partial charge in [0.2, 0.25) is 0 Å². The molecule has 0 aliphatic carbocycles. The average Bonchev–Trinajstić information content (AvgIpc) is 2.41. The summed E-state index contributed by atoms with van der Waals surface area (Å²) < 4.78 is 27.1. The highest BCUT2D eigenvalue weighted by Gasteiger charge is 2.17. The third-order valence-electron chi connectivity index (χ3n) is 1.62. The van der Waals surface area contributed by atoms with Crippen LogP contribution in [0.3, 0.4) is 0 Å². The Balaban J connectivity index is 2.90. The number of halogens is 2. The van der Waals surface area contributed by atoms with Gasteiger partial charge in [0.05, 0.1) is 0 Å². The lowest BCUT2D eigenvalue weighted by Gasteiger charge is -1.94. The molecule has 0 amide bonds. The molecule has 1 aromatic heterocycles. The van der Waals surface area contributed by atoms with E-state index in [9.17, 15) is 8.42 Å². The maximum atomic E-state index is 11.1. The second-order valence-electron chi connectivity index (χ2n) is 2.51. The Bertz CT molecular complexity index is 590. The Labute approximate surface area is 88.9 Å². The average molecular weight is 252 g/mol. The lowest BCUT2D eigenvalue weighted by molar-refractivity contribution is 0.603. The summed E-state index contributed by atoms with van der Waals surface area (Å²) >= 11 is 5.49. The maximum Gasteiger partial charge on any atom is 0.293 e. The quantitative estimate of drug-likeness (QED) is 0.731. The van der Waals surface area contributed by atoms with Gasteiger partial charge >= 0.3 is 0 Å². The van der Waals surface area contributed by atoms with Crippen LogP contribution < -0.4 is 0 Å². The normalized spacial score (nSPS) is 12.1. The van der Waals surface area contributed by atoms with E-state index in [-0.39, 0.29) is 21.3 Å². The summed E-state index contributed by atoms with van der Waals surface area (Å²) in [5, 5.41) is -0.118. The molecule has 7 heteroatoms. The fourth-order valence-electron chi connectivity index (χ4n) is 1.09. The van der Waals surface area contributed by atoms with E-state index in [1.165, 1.54) is 12.1 Å². The Hall–Kier alpha value is -0.780. The highest BCUT2D eigenvalue weighted by atomic mass is 35.7. The molecule has 4 nitrogen and oxygen atoms in total. The molecule has 0 aliphatic heterocycles. The van der Waals surface area contributed by atoms with Crippen LogP contribution in [0.1, 0.15) is 0 Å². The molecule has 0 radical (unpaired) electrons. The van der Waals surface area contributed by atoms with Gasteiger partial charge in [-0.3, -0.25) is 0 Å². The molecule has 0 bridgehead atoms. The molecule has 0 N–H and O–H groups in total. The fraction of sp³-hybridized carbons (Fsp3) is 0. The minimum Gasteiger partial charge on any atom is -0.428 e. The molecular weight excluding hydrogens is 249 g/mol. The topological polar surface area (TPSA) is 60.2 Å². The largest absolute Gasteiger partial charge is 0.428 e. The van der Waals surface area contributed by atoms with Gasteiger partial charge in [0.25, 0.3) is 14.4 Å². The highest BCUT2D eigenvalue weighted by Crippen LogP contribution is 2.27. The molecule has 0 atom stereocenters. The van der Waals surface area contributed by atoms with Crippen LogP contribution in [-0.4, -0.2) is 13.4 Å². The summed E-state index contributed by atoms with van der Waals surface area (Å²) in [6, 6.07) is 4.39. The number of aromatic nitrogens is 1. The molecule has 1 aromatic carbocycles. The molecular formula is C7H3Cl2NO3S. The van der Waals surface area contributed by atoms with Crippen molar-refractivity contribution in [2.45, 2.75) is 4.90 Å². The van der Waals surface area contributed by atoms with Crippen LogP contribution >= 0.6 is 22.3 Å². The SMILES string of the molecule is O=S(=O)(Cl)c1cccc2oc(Cl)nc12. The molecule has 0 unspecified atom stereocenters. The van der Waals surface area contributed by atoms with Crippen molar-refractivity contribution in [3.63, 3.8) is 0 Å². The molecule has 0 saturated heterocycles. The fourth-order valence-corrected chi connectivity index (χ4v) is 2.25. The van der Waals surface area contributed by atoms with Gasteiger partial charge in [-0.1, -0.05) is 6.07 Å². The number of hydrogen-bond donors (Lipinski definition) is 0. The van der Waals surface area contributed by atoms with Gasteiger partial charge in [-0.2, -0.15) is 4.98 Å². The second-order valence-corrected chi connectivity index (χ2v) is 5.37. The summed E-state index contributed by atoms with van der Waals surface area (Å²) in [4.78, 5) is 3.61. The van der Waals surface area contributed by atoms with E-state index in [1.807, 2.05) is 0 Å².